The highest BCUT2D eigenvalue weighted by molar-refractivity contribution is 6.00. The minimum Gasteiger partial charge on any atom is -0.445 e. The number of likely N-dealkylation sites (tertiary alicyclic amines) is 1. The molecule has 0 aliphatic carbocycles. The first-order valence-corrected chi connectivity index (χ1v) is 47.6. The van der Waals surface area contributed by atoms with Crippen LogP contribution < -0.4 is 58.5 Å². The molecule has 1 fully saturated rings. The minimum atomic E-state index is -2.01. The highest BCUT2D eigenvalue weighted by Crippen LogP contribution is 2.32. The molecule has 4 aromatic carbocycles. The molecule has 6 rings (SSSR count). The zero-order chi connectivity index (χ0) is 103. The first-order chi connectivity index (χ1) is 66.3. The Morgan fingerprint density at radius 1 is 0.547 bits per heavy atom. The third-order valence-electron chi connectivity index (χ3n) is 24.6. The van der Waals surface area contributed by atoms with E-state index in [1.807, 2.05) is 68.4 Å². The molecule has 0 spiro atoms. The summed E-state index contributed by atoms with van der Waals surface area (Å²) in [6.45, 7) is 17.6. The van der Waals surface area contributed by atoms with Gasteiger partial charge in [0.05, 0.1) is 127 Å². The Morgan fingerprint density at radius 3 is 1.76 bits per heavy atom. The van der Waals surface area contributed by atoms with Crippen molar-refractivity contribution in [1.29, 1.82) is 0 Å². The molecule has 0 radical (unpaired) electrons. The number of primary amides is 1. The molecule has 0 bridgehead atoms. The summed E-state index contributed by atoms with van der Waals surface area (Å²) in [6, 6.07) is 21.0. The molecule has 40 heteroatoms. The number of carbonyl (C=O) groups is 13. The van der Waals surface area contributed by atoms with Gasteiger partial charge in [0.2, 0.25) is 65.0 Å². The summed E-state index contributed by atoms with van der Waals surface area (Å²) >= 11 is 0. The van der Waals surface area contributed by atoms with E-state index in [9.17, 15) is 93.0 Å². The molecule has 139 heavy (non-hydrogen) atoms. The number of ether oxygens (including phenoxy) is 7. The van der Waals surface area contributed by atoms with Gasteiger partial charge < -0.3 is 132 Å². The first-order valence-electron chi connectivity index (χ1n) is 47.6. The molecule has 1 saturated heterocycles. The van der Waals surface area contributed by atoms with Gasteiger partial charge in [-0.3, -0.25) is 57.6 Å². The second-order valence-electron chi connectivity index (χ2n) is 36.0. The summed E-state index contributed by atoms with van der Waals surface area (Å²) in [6.07, 6.45) is -10.6. The zero-order valence-electron chi connectivity index (χ0n) is 82.5. The highest BCUT2D eigenvalue weighted by Gasteiger charge is 2.45. The number of hydrogen-bond acceptors (Lipinski definition) is 26. The molecule has 17 N–H and O–H groups in total. The fourth-order valence-corrected chi connectivity index (χ4v) is 16.3. The van der Waals surface area contributed by atoms with Gasteiger partial charge in [0.25, 0.3) is 0 Å². The maximum atomic E-state index is 15.0. The molecule has 2 heterocycles. The topological polar surface area (TPSA) is 555 Å². The molecule has 2 aliphatic rings. The Labute approximate surface area is 814 Å². The van der Waals surface area contributed by atoms with Gasteiger partial charge in [-0.2, -0.15) is 0 Å². The van der Waals surface area contributed by atoms with Crippen molar-refractivity contribution in [1.82, 2.24) is 57.2 Å². The van der Waals surface area contributed by atoms with E-state index in [0.717, 1.165) is 21.6 Å². The van der Waals surface area contributed by atoms with Gasteiger partial charge in [-0.05, 0) is 110 Å². The van der Waals surface area contributed by atoms with Gasteiger partial charge in [0.1, 0.15) is 55.1 Å². The number of methoxy groups -OCH3 is 2. The molecule has 14 amide bonds. The second kappa shape index (κ2) is 60.6. The van der Waals surface area contributed by atoms with Gasteiger partial charge in [-0.1, -0.05) is 153 Å². The van der Waals surface area contributed by atoms with Crippen molar-refractivity contribution in [2.24, 2.45) is 35.3 Å². The normalized spacial score (nSPS) is 16.4. The van der Waals surface area contributed by atoms with Crippen LogP contribution in [-0.4, -0.2) is 321 Å². The summed E-state index contributed by atoms with van der Waals surface area (Å²) in [5.41, 5.74) is 9.78. The molecule has 2 aliphatic heterocycles. The van der Waals surface area contributed by atoms with Gasteiger partial charge in [0, 0.05) is 97.0 Å². The lowest BCUT2D eigenvalue weighted by Gasteiger charge is -2.41. The van der Waals surface area contributed by atoms with Crippen LogP contribution in [0.25, 0.3) is 0 Å². The third-order valence-corrected chi connectivity index (χ3v) is 24.6. The van der Waals surface area contributed by atoms with Crippen LogP contribution in [0.2, 0.25) is 0 Å². The molecular formula is C99H148N14O26. The average Bonchev–Trinajstić information content (AvgIpc) is 1.66. The van der Waals surface area contributed by atoms with E-state index in [-0.39, 0.29) is 146 Å². The van der Waals surface area contributed by atoms with E-state index in [2.05, 4.69) is 59.7 Å². The number of aliphatic hydroxyl groups is 6. The van der Waals surface area contributed by atoms with Crippen LogP contribution in [-0.2, 0) is 99.0 Å². The molecule has 17 atom stereocenters. The van der Waals surface area contributed by atoms with Gasteiger partial charge in [-0.25, -0.2) is 9.59 Å². The lowest BCUT2D eigenvalue weighted by Crippen LogP contribution is -2.60. The van der Waals surface area contributed by atoms with E-state index in [1.54, 1.807) is 109 Å². The van der Waals surface area contributed by atoms with Gasteiger partial charge in [0.15, 0.2) is 0 Å². The van der Waals surface area contributed by atoms with Crippen LogP contribution in [0.4, 0.5) is 21.0 Å². The molecular weight excluding hydrogens is 1800 g/mol. The number of nitrogens with one attached hydrogen (secondary N) is 9. The Balaban J connectivity index is 0.990. The molecule has 0 unspecified atom stereocenters. The Kier molecular flexibility index (Phi) is 50.8. The number of likely N-dealkylation sites (N-methyl/N-ethyl adjacent to an activating group) is 2. The number of rotatable bonds is 61. The standard InChI is InChI=1S/C99H148N14O26/c1-15-63(8)87(78(133-13)55-83(121)112-46-24-32-75(112)91(134-14)64(9)92(125)104-65(10)88(122)69-27-17-16-18-28-69)110(11)97(130)85(61(4)5)109-96(129)86(62(6)7)111(12)99(132)139-59-66-33-37-71(38-34-66)105-93(126)72(30-23-44-102-98(100)131)107-95(128)84(60(2)3)108-94(127)73(39-40-80(118)103-56-76(115)89(123)90(124)77(116)58-114)106-81(119)43-47-135-49-51-137-53-54-138-52-50-136-48-45-101-79(117)41-42-82(120)113-57-70-29-20-19-25-67(70)35-36-68-26-21-22-31-74(68)113/h16-22,25-29,31,33-34,37-38,60-65,72-73,75-78,84-91,114-116,122-124H,15,23-24,30,32,39-59H2,1-14H3,(H,101,117)(H,103,118)(H,104,125)(H,105,126)(H,106,119)(H,107,128)(H,108,127)(H,109,129)(H3,100,102,131)/t63-,64+,65+,72-,73+,75-,76-,77+,78+,84-,85-,86-,87-,88+,89+,90+,91+/m0/s1. The quantitative estimate of drug-likeness (QED) is 0.0223. The largest absolute Gasteiger partial charge is 0.445 e. The van der Waals surface area contributed by atoms with Crippen molar-refractivity contribution < 1.29 is 126 Å². The van der Waals surface area contributed by atoms with Crippen LogP contribution in [0.1, 0.15) is 174 Å². The van der Waals surface area contributed by atoms with E-state index < -0.39 is 194 Å². The average molecular weight is 1950 g/mol. The van der Waals surface area contributed by atoms with Crippen LogP contribution >= 0.6 is 0 Å². The van der Waals surface area contributed by atoms with Gasteiger partial charge >= 0.3 is 12.1 Å². The SMILES string of the molecule is CC[C@H](C)[C@@H]([C@@H](CC(=O)N1CCC[C@H]1[C@H](OC)[C@@H](C)C(=O)N[C@H](C)[C@@H](O)c1ccccc1)OC)N(C)C(=O)[C@@H](NC(=O)[C@H](C(C)C)N(C)C(=O)OCc1ccc(NC(=O)[C@H](CCCNC(N)=O)NC(=O)[C@@H](NC(=O)[C@@H](CCC(=O)NC[C@H](O)[C@@H](O)[C@H](O)[C@H](O)CO)NC(=O)CCOCCOCCOCCOCCNC(=O)CCC(=O)N2Cc3ccccc3C#Cc3ccccc32)C(C)C)cc1)C(C)C. The number of aliphatic hydroxyl groups excluding tert-OH is 6. The number of amides is 14. The van der Waals surface area contributed by atoms with Crippen molar-refractivity contribution in [3.05, 3.63) is 131 Å². The monoisotopic (exact) mass is 1950 g/mol. The summed E-state index contributed by atoms with van der Waals surface area (Å²) in [4.78, 5) is 186. The summed E-state index contributed by atoms with van der Waals surface area (Å²) in [5.74, 6) is -2.56. The second-order valence-corrected chi connectivity index (χ2v) is 36.0. The Morgan fingerprint density at radius 2 is 1.14 bits per heavy atom. The highest BCUT2D eigenvalue weighted by atomic mass is 16.6. The molecule has 40 nitrogen and oxygen atoms in total. The van der Waals surface area contributed by atoms with E-state index in [1.165, 1.54) is 38.3 Å². The molecule has 0 saturated carbocycles. The first kappa shape index (κ1) is 116. The predicted molar refractivity (Wildman–Crippen MR) is 515 cm³/mol. The summed E-state index contributed by atoms with van der Waals surface area (Å²) in [5, 5.41) is 84.9. The third kappa shape index (κ3) is 37.7. The van der Waals surface area contributed by atoms with Crippen molar-refractivity contribution >= 4 is 88.5 Å². The number of nitrogens with zero attached hydrogens (tertiary/aromatic N) is 4. The molecule has 4 aromatic rings. The number of carbonyl (C=O) groups excluding carboxylic acids is 13. The van der Waals surface area contributed by atoms with E-state index in [4.69, 9.17) is 38.9 Å². The van der Waals surface area contributed by atoms with E-state index in [0.29, 0.717) is 49.2 Å². The molecule has 0 aromatic heterocycles. The van der Waals surface area contributed by atoms with Crippen LogP contribution in [0.15, 0.2) is 103 Å². The Bertz CT molecular complexity index is 4640. The number of para-hydroxylation sites is 1. The lowest BCUT2D eigenvalue weighted by atomic mass is 9.89. The lowest BCUT2D eigenvalue weighted by molar-refractivity contribution is -0.148. The molecule has 770 valence electrons. The van der Waals surface area contributed by atoms with Crippen molar-refractivity contribution in [2.75, 3.05) is 124 Å². The summed E-state index contributed by atoms with van der Waals surface area (Å²) < 4.78 is 40.2. The predicted octanol–water partition coefficient (Wildman–Crippen LogP) is 2.71. The summed E-state index contributed by atoms with van der Waals surface area (Å²) in [7, 11) is 5.98. The number of nitrogens with two attached hydrogens (primary N) is 1. The number of fused-ring (bicyclic) bond motifs is 2. The maximum Gasteiger partial charge on any atom is 0.410 e. The van der Waals surface area contributed by atoms with Gasteiger partial charge in [-0.15, -0.1) is 0 Å². The number of urea groups is 1. The number of hydrogen-bond donors (Lipinski definition) is 16. The fourth-order valence-electron chi connectivity index (χ4n) is 16.3. The fraction of sp³-hybridized carbons (Fsp3) is 0.606. The maximum absolute atomic E-state index is 15.0. The Hall–Kier alpha value is -11.3. The number of anilines is 2. The smallest absolute Gasteiger partial charge is 0.410 e. The number of benzene rings is 4. The van der Waals surface area contributed by atoms with E-state index >= 15 is 0 Å². The van der Waals surface area contributed by atoms with Crippen molar-refractivity contribution in [2.45, 2.75) is 244 Å². The minimum absolute atomic E-state index is 0.00832. The van der Waals surface area contributed by atoms with Crippen molar-refractivity contribution in [3.8, 4) is 11.8 Å². The van der Waals surface area contributed by atoms with Crippen molar-refractivity contribution in [3.63, 3.8) is 0 Å². The van der Waals surface area contributed by atoms with Crippen LogP contribution in [0.5, 0.6) is 0 Å². The zero-order valence-corrected chi connectivity index (χ0v) is 82.5. The van der Waals surface area contributed by atoms with Crippen LogP contribution in [0, 0.1) is 41.4 Å². The van der Waals surface area contributed by atoms with Crippen LogP contribution in [0.3, 0.4) is 0 Å².